The Labute approximate surface area is 92.4 Å². The molecule has 0 radical (unpaired) electrons. The highest BCUT2D eigenvalue weighted by atomic mass is 32.2. The minimum Gasteiger partial charge on any atom is -0.377 e. The first kappa shape index (κ1) is 14.0. The van der Waals surface area contributed by atoms with Gasteiger partial charge < -0.3 is 17.3 Å². The minimum atomic E-state index is -3.25. The second-order valence-electron chi connectivity index (χ2n) is 2.68. The van der Waals surface area contributed by atoms with E-state index in [1.807, 2.05) is 0 Å². The third-order valence-corrected chi connectivity index (χ3v) is 4.15. The number of amidine groups is 1. The summed E-state index contributed by atoms with van der Waals surface area (Å²) in [5.74, 6) is 4.16. The van der Waals surface area contributed by atoms with Crippen LogP contribution in [0.4, 0.5) is 0 Å². The monoisotopic (exact) mass is 254 g/mol. The van der Waals surface area contributed by atoms with Gasteiger partial charge in [0.15, 0.2) is 15.0 Å². The lowest BCUT2D eigenvalue weighted by Crippen LogP contribution is -2.20. The number of nitrogens with two attached hydrogens (primary N) is 3. The molecule has 1 amide bonds. The summed E-state index contributed by atoms with van der Waals surface area (Å²) in [4.78, 5) is 10.4. The fourth-order valence-electron chi connectivity index (χ4n) is 0.669. The topological polar surface area (TPSA) is 142 Å². The van der Waals surface area contributed by atoms with Crippen LogP contribution in [0.3, 0.4) is 0 Å². The molecule has 0 aliphatic carbocycles. The Morgan fingerprint density at radius 3 is 2.33 bits per heavy atom. The van der Waals surface area contributed by atoms with Crippen LogP contribution in [0, 0.1) is 0 Å². The highest BCUT2D eigenvalue weighted by molar-refractivity contribution is 8.14. The Kier molecular flexibility index (Phi) is 6.09. The van der Waals surface area contributed by atoms with Crippen LogP contribution in [0.5, 0.6) is 0 Å². The molecule has 0 saturated heterocycles. The average Bonchev–Trinajstić information content (AvgIpc) is 2.14. The van der Waals surface area contributed by atoms with Gasteiger partial charge in [-0.25, -0.2) is 8.42 Å². The molecular formula is C6H14N4O3S2. The summed E-state index contributed by atoms with van der Waals surface area (Å²) >= 11 is 1.04. The second kappa shape index (κ2) is 6.51. The molecule has 0 rings (SSSR count). The lowest BCUT2D eigenvalue weighted by molar-refractivity contribution is -0.117. The molecule has 0 aromatic heterocycles. The number of amides is 1. The van der Waals surface area contributed by atoms with Crippen molar-refractivity contribution < 1.29 is 13.2 Å². The molecule has 0 unspecified atom stereocenters. The quantitative estimate of drug-likeness (QED) is 0.221. The molecule has 6 N–H and O–H groups in total. The smallest absolute Gasteiger partial charge is 0.218 e. The van der Waals surface area contributed by atoms with E-state index in [0.717, 1.165) is 11.8 Å². The SMILES string of the molecule is NN=C(N)SCCS(=O)(=O)CCC(N)=O. The van der Waals surface area contributed by atoms with E-state index >= 15 is 0 Å². The Balaban J connectivity index is 3.90. The van der Waals surface area contributed by atoms with Gasteiger partial charge in [-0.3, -0.25) is 4.79 Å². The van der Waals surface area contributed by atoms with Gasteiger partial charge in [-0.1, -0.05) is 11.8 Å². The molecule has 15 heavy (non-hydrogen) atoms. The van der Waals surface area contributed by atoms with E-state index < -0.39 is 15.7 Å². The molecule has 0 atom stereocenters. The standard InChI is InChI=1S/C6H14N4O3S2/c7-5(11)1-3-15(12,13)4-2-14-6(8)10-9/h1-4,9H2,(H2,7,11)(H2,8,10). The number of primary amides is 1. The first-order chi connectivity index (χ1) is 6.87. The van der Waals surface area contributed by atoms with E-state index in [4.69, 9.17) is 17.3 Å². The van der Waals surface area contributed by atoms with Crippen molar-refractivity contribution in [2.45, 2.75) is 6.42 Å². The van der Waals surface area contributed by atoms with Crippen LogP contribution in [0.1, 0.15) is 6.42 Å². The van der Waals surface area contributed by atoms with Crippen molar-refractivity contribution in [2.75, 3.05) is 17.3 Å². The van der Waals surface area contributed by atoms with Crippen LogP contribution in [0.15, 0.2) is 5.10 Å². The Morgan fingerprint density at radius 1 is 1.27 bits per heavy atom. The fourth-order valence-corrected chi connectivity index (χ4v) is 3.02. The van der Waals surface area contributed by atoms with Crippen LogP contribution < -0.4 is 17.3 Å². The third-order valence-electron chi connectivity index (χ3n) is 1.43. The van der Waals surface area contributed by atoms with Gasteiger partial charge in [0, 0.05) is 12.2 Å². The molecule has 0 spiro atoms. The Hall–Kier alpha value is -0.960. The van der Waals surface area contributed by atoms with Crippen LogP contribution >= 0.6 is 11.8 Å². The lowest BCUT2D eigenvalue weighted by Gasteiger charge is -2.02. The summed E-state index contributed by atoms with van der Waals surface area (Å²) in [5, 5.41) is 3.30. The molecule has 0 bridgehead atoms. The Morgan fingerprint density at radius 2 is 1.87 bits per heavy atom. The van der Waals surface area contributed by atoms with Crippen molar-refractivity contribution in [3.05, 3.63) is 0 Å². The van der Waals surface area contributed by atoms with Crippen molar-refractivity contribution in [1.29, 1.82) is 0 Å². The highest BCUT2D eigenvalue weighted by Gasteiger charge is 2.12. The molecule has 0 aliphatic rings. The molecule has 0 heterocycles. The maximum atomic E-state index is 11.3. The van der Waals surface area contributed by atoms with Crippen molar-refractivity contribution in [1.82, 2.24) is 0 Å². The van der Waals surface area contributed by atoms with Gasteiger partial charge in [0.2, 0.25) is 5.91 Å². The molecule has 0 aromatic carbocycles. The summed E-state index contributed by atoms with van der Waals surface area (Å²) in [7, 11) is -3.25. The zero-order valence-electron chi connectivity index (χ0n) is 8.05. The van der Waals surface area contributed by atoms with Gasteiger partial charge in [0.05, 0.1) is 11.5 Å². The minimum absolute atomic E-state index is 0.0822. The largest absolute Gasteiger partial charge is 0.377 e. The summed E-state index contributed by atoms with van der Waals surface area (Å²) in [5.41, 5.74) is 10.1. The molecule has 0 fully saturated rings. The van der Waals surface area contributed by atoms with E-state index in [2.05, 4.69) is 5.10 Å². The van der Waals surface area contributed by atoms with Gasteiger partial charge in [-0.05, 0) is 0 Å². The number of rotatable bonds is 6. The summed E-state index contributed by atoms with van der Waals surface area (Å²) in [6, 6.07) is 0. The molecule has 7 nitrogen and oxygen atoms in total. The molecule has 0 aromatic rings. The number of nitrogens with zero attached hydrogens (tertiary/aromatic N) is 1. The first-order valence-corrected chi connectivity index (χ1v) is 6.83. The van der Waals surface area contributed by atoms with Gasteiger partial charge in [0.1, 0.15) is 0 Å². The summed E-state index contributed by atoms with van der Waals surface area (Å²) < 4.78 is 22.5. The van der Waals surface area contributed by atoms with Gasteiger partial charge in [-0.2, -0.15) is 5.10 Å². The van der Waals surface area contributed by atoms with Crippen molar-refractivity contribution in [3.8, 4) is 0 Å². The van der Waals surface area contributed by atoms with E-state index in [9.17, 15) is 13.2 Å². The van der Waals surface area contributed by atoms with Crippen LogP contribution in [-0.4, -0.2) is 36.8 Å². The van der Waals surface area contributed by atoms with Crippen LogP contribution in [0.25, 0.3) is 0 Å². The number of carbonyl (C=O) groups excluding carboxylic acids is 1. The highest BCUT2D eigenvalue weighted by Crippen LogP contribution is 2.02. The van der Waals surface area contributed by atoms with Gasteiger partial charge in [-0.15, -0.1) is 0 Å². The summed E-state index contributed by atoms with van der Waals surface area (Å²) in [6.45, 7) is 0. The van der Waals surface area contributed by atoms with E-state index in [1.165, 1.54) is 0 Å². The zero-order valence-corrected chi connectivity index (χ0v) is 9.68. The number of hydrogen-bond acceptors (Lipinski definition) is 6. The second-order valence-corrected chi connectivity index (χ2v) is 6.10. The summed E-state index contributed by atoms with van der Waals surface area (Å²) in [6.07, 6.45) is -0.159. The number of hydrazone groups is 1. The normalized spacial score (nSPS) is 12.7. The molecule has 88 valence electrons. The van der Waals surface area contributed by atoms with Gasteiger partial charge >= 0.3 is 0 Å². The fraction of sp³-hybridized carbons (Fsp3) is 0.667. The van der Waals surface area contributed by atoms with E-state index in [0.29, 0.717) is 0 Å². The molecule has 0 aliphatic heterocycles. The first-order valence-electron chi connectivity index (χ1n) is 4.02. The maximum Gasteiger partial charge on any atom is 0.218 e. The molecule has 0 saturated carbocycles. The third kappa shape index (κ3) is 8.06. The van der Waals surface area contributed by atoms with Crippen LogP contribution in [-0.2, 0) is 14.6 Å². The van der Waals surface area contributed by atoms with Gasteiger partial charge in [0.25, 0.3) is 0 Å². The zero-order chi connectivity index (χ0) is 11.9. The van der Waals surface area contributed by atoms with Crippen LogP contribution in [0.2, 0.25) is 0 Å². The van der Waals surface area contributed by atoms with E-state index in [1.54, 1.807) is 0 Å². The number of hydrogen-bond donors (Lipinski definition) is 3. The average molecular weight is 254 g/mol. The van der Waals surface area contributed by atoms with Crippen molar-refractivity contribution in [2.24, 2.45) is 22.4 Å². The van der Waals surface area contributed by atoms with Crippen molar-refractivity contribution in [3.63, 3.8) is 0 Å². The predicted octanol–water partition coefficient (Wildman–Crippen LogP) is -1.80. The molecular weight excluding hydrogens is 240 g/mol. The number of carbonyl (C=O) groups is 1. The number of thioether (sulfide) groups is 1. The maximum absolute atomic E-state index is 11.3. The molecule has 9 heteroatoms. The predicted molar refractivity (Wildman–Crippen MR) is 60.7 cm³/mol. The lowest BCUT2D eigenvalue weighted by atomic mass is 10.5. The Bertz CT molecular complexity index is 338. The van der Waals surface area contributed by atoms with E-state index in [-0.39, 0.29) is 28.8 Å². The van der Waals surface area contributed by atoms with Crippen molar-refractivity contribution >= 4 is 32.7 Å². The number of sulfone groups is 1.